The third-order valence-electron chi connectivity index (χ3n) is 2.51. The molecule has 0 saturated carbocycles. The van der Waals surface area contributed by atoms with Crippen molar-refractivity contribution in [2.45, 2.75) is 12.8 Å². The molecule has 0 fully saturated rings. The number of carbonyl (C=O) groups excluding carboxylic acids is 1. The van der Waals surface area contributed by atoms with Gasteiger partial charge in [-0.05, 0) is 30.5 Å². The molecule has 0 spiro atoms. The third kappa shape index (κ3) is 4.35. The molecule has 19 heavy (non-hydrogen) atoms. The number of pyridine rings is 1. The van der Waals surface area contributed by atoms with Gasteiger partial charge in [0.15, 0.2) is 0 Å². The van der Waals surface area contributed by atoms with Crippen LogP contribution in [0.1, 0.15) is 22.3 Å². The molecule has 0 unspecified atom stereocenters. The summed E-state index contributed by atoms with van der Waals surface area (Å²) < 4.78 is 0. The maximum absolute atomic E-state index is 11.5. The molecule has 0 amide bonds. The maximum atomic E-state index is 11.5. The Balaban J connectivity index is 1.74. The van der Waals surface area contributed by atoms with Crippen LogP contribution in [0.5, 0.6) is 0 Å². The Bertz CT molecular complexity index is 539. The molecule has 0 aliphatic rings. The number of nitrogens with zero attached hydrogens (tertiary/aromatic N) is 2. The molecule has 0 bridgehead atoms. The molecule has 4 nitrogen and oxygen atoms in total. The first-order valence-corrected chi connectivity index (χ1v) is 6.03. The summed E-state index contributed by atoms with van der Waals surface area (Å²) in [6.07, 6.45) is 6.24. The van der Waals surface area contributed by atoms with Gasteiger partial charge >= 0.3 is 5.97 Å². The van der Waals surface area contributed by atoms with Gasteiger partial charge < -0.3 is 4.84 Å². The second-order valence-electron chi connectivity index (χ2n) is 3.93. The molecule has 0 aliphatic carbocycles. The van der Waals surface area contributed by atoms with E-state index in [-0.39, 0.29) is 0 Å². The van der Waals surface area contributed by atoms with Crippen LogP contribution in [0.3, 0.4) is 0 Å². The molecule has 0 radical (unpaired) electrons. The molecule has 2 rings (SSSR count). The second-order valence-corrected chi connectivity index (χ2v) is 3.93. The topological polar surface area (TPSA) is 51.5 Å². The highest BCUT2D eigenvalue weighted by Gasteiger charge is 2.05. The summed E-state index contributed by atoms with van der Waals surface area (Å²) in [4.78, 5) is 20.1. The number of hydrogen-bond acceptors (Lipinski definition) is 4. The van der Waals surface area contributed by atoms with E-state index in [0.717, 1.165) is 12.8 Å². The fourth-order valence-corrected chi connectivity index (χ4v) is 1.55. The molecule has 1 heterocycles. The number of aromatic nitrogens is 1. The normalized spacial score (nSPS) is 10.5. The van der Waals surface area contributed by atoms with Crippen molar-refractivity contribution in [3.63, 3.8) is 0 Å². The molecule has 2 aromatic rings. The van der Waals surface area contributed by atoms with Gasteiger partial charge in [-0.15, -0.1) is 0 Å². The number of hydrogen-bond donors (Lipinski definition) is 0. The minimum absolute atomic E-state index is 0.391. The number of rotatable bonds is 5. The first-order valence-electron chi connectivity index (χ1n) is 6.03. The minimum Gasteiger partial charge on any atom is -0.313 e. The van der Waals surface area contributed by atoms with Crippen molar-refractivity contribution in [2.24, 2.45) is 5.16 Å². The van der Waals surface area contributed by atoms with Gasteiger partial charge in [-0.2, -0.15) is 0 Å². The quantitative estimate of drug-likeness (QED) is 0.468. The number of aryl methyl sites for hydroxylation is 1. The molecule has 4 heteroatoms. The Morgan fingerprint density at radius 1 is 1.21 bits per heavy atom. The van der Waals surface area contributed by atoms with Crippen LogP contribution in [0.25, 0.3) is 0 Å². The third-order valence-corrected chi connectivity index (χ3v) is 2.51. The smallest absolute Gasteiger partial charge is 0.313 e. The van der Waals surface area contributed by atoms with Gasteiger partial charge in [0.2, 0.25) is 0 Å². The average molecular weight is 254 g/mol. The molecule has 96 valence electrons. The summed E-state index contributed by atoms with van der Waals surface area (Å²) in [6.45, 7) is 0. The number of benzene rings is 1. The first kappa shape index (κ1) is 13.0. The van der Waals surface area contributed by atoms with Crippen LogP contribution in [0, 0.1) is 0 Å². The van der Waals surface area contributed by atoms with Gasteiger partial charge in [0.1, 0.15) is 0 Å². The Kier molecular flexibility index (Phi) is 4.81. The van der Waals surface area contributed by atoms with Crippen LogP contribution >= 0.6 is 0 Å². The van der Waals surface area contributed by atoms with E-state index in [1.807, 2.05) is 18.2 Å². The van der Waals surface area contributed by atoms with Crippen molar-refractivity contribution in [2.75, 3.05) is 0 Å². The lowest BCUT2D eigenvalue weighted by Crippen LogP contribution is -2.01. The molecular formula is C15H14N2O2. The summed E-state index contributed by atoms with van der Waals surface area (Å²) >= 11 is 0. The summed E-state index contributed by atoms with van der Waals surface area (Å²) in [5.41, 5.74) is 1.62. The van der Waals surface area contributed by atoms with E-state index >= 15 is 0 Å². The molecule has 0 saturated heterocycles. The molecule has 0 N–H and O–H groups in total. The van der Waals surface area contributed by atoms with Crippen LogP contribution in [-0.4, -0.2) is 17.2 Å². The average Bonchev–Trinajstić information content (AvgIpc) is 2.49. The minimum atomic E-state index is -0.496. The largest absolute Gasteiger partial charge is 0.367 e. The fraction of sp³-hybridized carbons (Fsp3) is 0.133. The van der Waals surface area contributed by atoms with Crippen LogP contribution in [0.15, 0.2) is 60.0 Å². The lowest BCUT2D eigenvalue weighted by molar-refractivity contribution is 0.0517. The Labute approximate surface area is 111 Å². The Morgan fingerprint density at radius 3 is 2.79 bits per heavy atom. The highest BCUT2D eigenvalue weighted by atomic mass is 16.7. The highest BCUT2D eigenvalue weighted by molar-refractivity contribution is 5.89. The van der Waals surface area contributed by atoms with E-state index in [1.54, 1.807) is 24.5 Å². The van der Waals surface area contributed by atoms with E-state index in [0.29, 0.717) is 5.56 Å². The molecule has 1 aromatic carbocycles. The van der Waals surface area contributed by atoms with E-state index in [9.17, 15) is 4.79 Å². The summed E-state index contributed by atoms with van der Waals surface area (Å²) in [5.74, 6) is -0.496. The summed E-state index contributed by atoms with van der Waals surface area (Å²) in [5, 5.41) is 3.66. The molecule has 1 aromatic heterocycles. The van der Waals surface area contributed by atoms with Crippen molar-refractivity contribution < 1.29 is 9.63 Å². The van der Waals surface area contributed by atoms with Crippen molar-refractivity contribution in [1.29, 1.82) is 0 Å². The van der Waals surface area contributed by atoms with Crippen molar-refractivity contribution in [3.05, 3.63) is 66.0 Å². The standard InChI is InChI=1S/C15H14N2O2/c18-15(14-9-5-10-16-12-14)19-17-11-4-8-13-6-2-1-3-7-13/h1-3,5-7,9-12H,4,8H2/b17-11+. The van der Waals surface area contributed by atoms with Gasteiger partial charge in [0.25, 0.3) is 0 Å². The lowest BCUT2D eigenvalue weighted by Gasteiger charge is -1.97. The van der Waals surface area contributed by atoms with Gasteiger partial charge in [0, 0.05) is 18.6 Å². The van der Waals surface area contributed by atoms with Gasteiger partial charge in [-0.25, -0.2) is 4.79 Å². The van der Waals surface area contributed by atoms with Crippen molar-refractivity contribution in [1.82, 2.24) is 4.98 Å². The number of oxime groups is 1. The monoisotopic (exact) mass is 254 g/mol. The van der Waals surface area contributed by atoms with E-state index < -0.39 is 5.97 Å². The van der Waals surface area contributed by atoms with Gasteiger partial charge in [0.05, 0.1) is 5.56 Å². The van der Waals surface area contributed by atoms with E-state index in [2.05, 4.69) is 22.3 Å². The summed E-state index contributed by atoms with van der Waals surface area (Å²) in [7, 11) is 0. The zero-order chi connectivity index (χ0) is 13.3. The van der Waals surface area contributed by atoms with Crippen molar-refractivity contribution >= 4 is 12.2 Å². The second kappa shape index (κ2) is 7.06. The maximum Gasteiger partial charge on any atom is 0.367 e. The van der Waals surface area contributed by atoms with Gasteiger partial charge in [-0.1, -0.05) is 35.5 Å². The van der Waals surface area contributed by atoms with Crippen LogP contribution in [0.2, 0.25) is 0 Å². The zero-order valence-corrected chi connectivity index (χ0v) is 10.4. The number of carbonyl (C=O) groups is 1. The predicted octanol–water partition coefficient (Wildman–Crippen LogP) is 2.86. The van der Waals surface area contributed by atoms with Gasteiger partial charge in [-0.3, -0.25) is 4.98 Å². The predicted molar refractivity (Wildman–Crippen MR) is 72.9 cm³/mol. The molecular weight excluding hydrogens is 240 g/mol. The fourth-order valence-electron chi connectivity index (χ4n) is 1.55. The first-order chi connectivity index (χ1) is 9.36. The highest BCUT2D eigenvalue weighted by Crippen LogP contribution is 2.02. The Morgan fingerprint density at radius 2 is 2.05 bits per heavy atom. The van der Waals surface area contributed by atoms with Crippen molar-refractivity contribution in [3.8, 4) is 0 Å². The van der Waals surface area contributed by atoms with E-state index in [1.165, 1.54) is 11.8 Å². The van der Waals surface area contributed by atoms with Crippen LogP contribution < -0.4 is 0 Å². The molecule has 0 atom stereocenters. The molecule has 0 aliphatic heterocycles. The Hall–Kier alpha value is -2.49. The van der Waals surface area contributed by atoms with E-state index in [4.69, 9.17) is 4.84 Å². The lowest BCUT2D eigenvalue weighted by atomic mass is 10.1. The van der Waals surface area contributed by atoms with Crippen LogP contribution in [0.4, 0.5) is 0 Å². The van der Waals surface area contributed by atoms with Crippen LogP contribution in [-0.2, 0) is 11.3 Å². The zero-order valence-electron chi connectivity index (χ0n) is 10.4. The summed E-state index contributed by atoms with van der Waals surface area (Å²) in [6, 6.07) is 13.4. The SMILES string of the molecule is O=C(O/N=C/CCc1ccccc1)c1cccnc1.